The molecule has 2 fully saturated rings. The van der Waals surface area contributed by atoms with Crippen molar-refractivity contribution in [3.8, 4) is 0 Å². The third-order valence-electron chi connectivity index (χ3n) is 6.43. The third kappa shape index (κ3) is 8.20. The largest absolute Gasteiger partial charge is 0.370 e. The Morgan fingerprint density at radius 1 is 0.548 bits per heavy atom. The van der Waals surface area contributed by atoms with Crippen LogP contribution in [0.4, 0.5) is 0 Å². The van der Waals surface area contributed by atoms with Crippen molar-refractivity contribution in [3.63, 3.8) is 0 Å². The number of rotatable bonds is 16. The van der Waals surface area contributed by atoms with Crippen molar-refractivity contribution < 1.29 is 33.5 Å². The zero-order valence-electron chi connectivity index (χ0n) is 18.7. The molecule has 2 aliphatic rings. The Hall–Kier alpha value is -2.02. The normalized spacial score (nSPS) is 24.2. The van der Waals surface area contributed by atoms with E-state index in [1.165, 1.54) is 0 Å². The summed E-state index contributed by atoms with van der Waals surface area (Å²) in [5, 5.41) is 0. The maximum absolute atomic E-state index is 12.8. The van der Waals surface area contributed by atoms with E-state index in [0.717, 1.165) is 0 Å². The number of carbonyl (C=O) groups excluding carboxylic acids is 6. The Kier molecular flexibility index (Phi) is 9.88. The number of carbonyl (C=O) groups is 6. The highest BCUT2D eigenvalue weighted by Crippen LogP contribution is 2.44. The van der Waals surface area contributed by atoms with Crippen molar-refractivity contribution in [2.75, 3.05) is 0 Å². The summed E-state index contributed by atoms with van der Waals surface area (Å²) in [6.07, 6.45) is 2.86. The quantitative estimate of drug-likeness (QED) is 0.343. The van der Waals surface area contributed by atoms with Crippen LogP contribution in [0, 0.1) is 11.8 Å². The first-order valence-electron chi connectivity index (χ1n) is 11.5. The van der Waals surface area contributed by atoms with Crippen LogP contribution in [0.3, 0.4) is 0 Å². The van der Waals surface area contributed by atoms with Gasteiger partial charge in [0.15, 0.2) is 0 Å². The maximum Gasteiger partial charge on any atom is 0.137 e. The van der Waals surface area contributed by atoms with E-state index < -0.39 is 11.8 Å². The van der Waals surface area contributed by atoms with Gasteiger partial charge >= 0.3 is 0 Å². The van der Waals surface area contributed by atoms with Gasteiger partial charge in [-0.1, -0.05) is 13.8 Å². The summed E-state index contributed by atoms with van der Waals surface area (Å²) in [6, 6.07) is 0. The SMILES string of the molecule is CCC(=O)CCC(=O)CCC(=O)C1C[C@@H]2O[C@@H]2CC1C(=O)CCC(=O)CCC(=O)CC. The van der Waals surface area contributed by atoms with E-state index in [9.17, 15) is 28.8 Å². The first-order chi connectivity index (χ1) is 14.7. The van der Waals surface area contributed by atoms with Crippen molar-refractivity contribution in [2.45, 2.75) is 103 Å². The second kappa shape index (κ2) is 12.1. The highest BCUT2D eigenvalue weighted by Gasteiger charge is 2.51. The van der Waals surface area contributed by atoms with E-state index in [0.29, 0.717) is 25.7 Å². The summed E-state index contributed by atoms with van der Waals surface area (Å²) in [7, 11) is 0. The van der Waals surface area contributed by atoms with E-state index in [1.54, 1.807) is 13.8 Å². The van der Waals surface area contributed by atoms with E-state index in [2.05, 4.69) is 0 Å². The number of ether oxygens (including phenoxy) is 1. The Labute approximate surface area is 183 Å². The van der Waals surface area contributed by atoms with Crippen molar-refractivity contribution in [1.82, 2.24) is 0 Å². The Morgan fingerprint density at radius 3 is 1.23 bits per heavy atom. The van der Waals surface area contributed by atoms with Gasteiger partial charge in [0.25, 0.3) is 0 Å². The zero-order chi connectivity index (χ0) is 23.0. The van der Waals surface area contributed by atoms with Crippen LogP contribution in [-0.2, 0) is 33.5 Å². The third-order valence-corrected chi connectivity index (χ3v) is 6.43. The van der Waals surface area contributed by atoms with E-state index in [1.807, 2.05) is 0 Å². The minimum atomic E-state index is -0.474. The molecule has 0 amide bonds. The zero-order valence-corrected chi connectivity index (χ0v) is 18.7. The average molecular weight is 435 g/mol. The molecule has 2 rings (SSSR count). The Bertz CT molecular complexity index is 663. The summed E-state index contributed by atoms with van der Waals surface area (Å²) in [6.45, 7) is 3.50. The lowest BCUT2D eigenvalue weighted by atomic mass is 9.73. The number of epoxide rings is 1. The van der Waals surface area contributed by atoms with Crippen molar-refractivity contribution in [1.29, 1.82) is 0 Å². The van der Waals surface area contributed by atoms with Gasteiger partial charge in [-0.15, -0.1) is 0 Å². The van der Waals surface area contributed by atoms with Crippen LogP contribution in [0.5, 0.6) is 0 Å². The summed E-state index contributed by atoms with van der Waals surface area (Å²) >= 11 is 0. The molecule has 0 spiro atoms. The first kappa shape index (κ1) is 25.2. The second-order valence-corrected chi connectivity index (χ2v) is 8.69. The predicted octanol–water partition coefficient (Wildman–Crippen LogP) is 3.14. The molecule has 1 heterocycles. The molecule has 4 atom stereocenters. The summed E-state index contributed by atoms with van der Waals surface area (Å²) in [5.41, 5.74) is 0. The smallest absolute Gasteiger partial charge is 0.137 e. The van der Waals surface area contributed by atoms with Crippen molar-refractivity contribution in [2.24, 2.45) is 11.8 Å². The molecule has 0 aromatic rings. The minimum absolute atomic E-state index is 0.0116. The summed E-state index contributed by atoms with van der Waals surface area (Å²) < 4.78 is 5.53. The van der Waals surface area contributed by atoms with Crippen LogP contribution >= 0.6 is 0 Å². The molecule has 0 N–H and O–H groups in total. The molecular formula is C24H34O7. The molecular weight excluding hydrogens is 400 g/mol. The fourth-order valence-electron chi connectivity index (χ4n) is 4.19. The summed E-state index contributed by atoms with van der Waals surface area (Å²) in [5.74, 6) is -1.32. The molecule has 1 aliphatic carbocycles. The van der Waals surface area contributed by atoms with Gasteiger partial charge in [0.05, 0.1) is 12.2 Å². The average Bonchev–Trinajstić information content (AvgIpc) is 3.55. The molecule has 0 aromatic carbocycles. The number of Topliss-reactive ketones (excluding diaryl/α,β-unsaturated/α-hetero) is 6. The molecule has 0 radical (unpaired) electrons. The molecule has 1 saturated heterocycles. The van der Waals surface area contributed by atoms with Gasteiger partial charge in [0.1, 0.15) is 34.7 Å². The fraction of sp³-hybridized carbons (Fsp3) is 0.750. The van der Waals surface area contributed by atoms with Crippen LogP contribution in [0.2, 0.25) is 0 Å². The minimum Gasteiger partial charge on any atom is -0.370 e. The number of hydrogen-bond acceptors (Lipinski definition) is 7. The molecule has 2 unspecified atom stereocenters. The highest BCUT2D eigenvalue weighted by atomic mass is 16.6. The number of ketones is 6. The number of fused-ring (bicyclic) bond motifs is 1. The van der Waals surface area contributed by atoms with Crippen LogP contribution < -0.4 is 0 Å². The molecule has 31 heavy (non-hydrogen) atoms. The second-order valence-electron chi connectivity index (χ2n) is 8.69. The fourth-order valence-corrected chi connectivity index (χ4v) is 4.19. The first-order valence-corrected chi connectivity index (χ1v) is 11.5. The molecule has 0 aromatic heterocycles. The molecule has 172 valence electrons. The molecule has 1 aliphatic heterocycles. The van der Waals surface area contributed by atoms with Crippen molar-refractivity contribution >= 4 is 34.7 Å². The van der Waals surface area contributed by atoms with Crippen LogP contribution in [0.15, 0.2) is 0 Å². The molecule has 7 heteroatoms. The topological polar surface area (TPSA) is 115 Å². The maximum atomic E-state index is 12.8. The van der Waals surface area contributed by atoms with Crippen molar-refractivity contribution in [3.05, 3.63) is 0 Å². The monoisotopic (exact) mass is 434 g/mol. The van der Waals surface area contributed by atoms with Gasteiger partial charge in [0, 0.05) is 76.0 Å². The van der Waals surface area contributed by atoms with Gasteiger partial charge < -0.3 is 4.74 Å². The van der Waals surface area contributed by atoms with Crippen LogP contribution in [-0.4, -0.2) is 46.9 Å². The Morgan fingerprint density at radius 2 is 0.871 bits per heavy atom. The molecule has 1 saturated carbocycles. The van der Waals surface area contributed by atoms with Gasteiger partial charge in [-0.05, 0) is 12.8 Å². The highest BCUT2D eigenvalue weighted by molar-refractivity contribution is 5.94. The van der Waals surface area contributed by atoms with E-state index >= 15 is 0 Å². The standard InChI is InChI=1S/C24H34O7/c1-3-15(25)5-7-17(27)9-11-21(29)19-13-23-24(31-23)14-20(19)22(30)12-10-18(28)8-6-16(26)4-2/h19-20,23-24H,3-14H2,1-2H3/t19?,20?,23-,24+. The van der Waals surface area contributed by atoms with E-state index in [4.69, 9.17) is 4.74 Å². The Balaban J connectivity index is 1.82. The van der Waals surface area contributed by atoms with Gasteiger partial charge in [-0.25, -0.2) is 0 Å². The van der Waals surface area contributed by atoms with Crippen LogP contribution in [0.25, 0.3) is 0 Å². The number of hydrogen-bond donors (Lipinski definition) is 0. The lowest BCUT2D eigenvalue weighted by Crippen LogP contribution is -2.36. The predicted molar refractivity (Wildman–Crippen MR) is 112 cm³/mol. The lowest BCUT2D eigenvalue weighted by molar-refractivity contribution is -0.135. The van der Waals surface area contributed by atoms with Gasteiger partial charge in [0.2, 0.25) is 0 Å². The molecule has 7 nitrogen and oxygen atoms in total. The van der Waals surface area contributed by atoms with E-state index in [-0.39, 0.29) is 98.3 Å². The van der Waals surface area contributed by atoms with Gasteiger partial charge in [-0.2, -0.15) is 0 Å². The molecule has 0 bridgehead atoms. The van der Waals surface area contributed by atoms with Crippen LogP contribution in [0.1, 0.15) is 90.9 Å². The van der Waals surface area contributed by atoms with Gasteiger partial charge in [-0.3, -0.25) is 28.8 Å². The lowest BCUT2D eigenvalue weighted by Gasteiger charge is -2.27. The summed E-state index contributed by atoms with van der Waals surface area (Å²) in [4.78, 5) is 72.3.